The van der Waals surface area contributed by atoms with Gasteiger partial charge < -0.3 is 44.6 Å². The van der Waals surface area contributed by atoms with Crippen LogP contribution in [0.2, 0.25) is 0 Å². The third kappa shape index (κ3) is 15.7. The van der Waals surface area contributed by atoms with Crippen molar-refractivity contribution in [3.63, 3.8) is 0 Å². The van der Waals surface area contributed by atoms with Crippen LogP contribution in [-0.2, 0) is 52.4 Å². The summed E-state index contributed by atoms with van der Waals surface area (Å²) in [5.74, 6) is -3.28. The smallest absolute Gasteiger partial charge is 0.320 e. The van der Waals surface area contributed by atoms with Crippen molar-refractivity contribution < 1.29 is 57.5 Å². The van der Waals surface area contributed by atoms with Crippen LogP contribution in [0.25, 0.3) is 0 Å². The second-order valence-corrected chi connectivity index (χ2v) is 7.45. The van der Waals surface area contributed by atoms with E-state index in [4.69, 9.17) is 25.1 Å². The standard InChI is InChI=1S/C21H36N2O12/c1-30-17(25)6-9-33-12-21(13-34-10-7-18(26)31-2,14-35-11-8-19(27)32-3)23-16(24)5-4-15(22)20(28)29/h15H,4-14,22H2,1-3H3,(H,23,24)(H,28,29)/t15-/m0/s1. The summed E-state index contributed by atoms with van der Waals surface area (Å²) in [7, 11) is 3.71. The fraction of sp³-hybridized carbons (Fsp3) is 0.762. The molecule has 0 aromatic heterocycles. The second kappa shape index (κ2) is 18.5. The molecule has 4 N–H and O–H groups in total. The monoisotopic (exact) mass is 508 g/mol. The van der Waals surface area contributed by atoms with E-state index in [1.54, 1.807) is 0 Å². The number of nitrogens with one attached hydrogen (secondary N) is 1. The average molecular weight is 509 g/mol. The van der Waals surface area contributed by atoms with Crippen LogP contribution >= 0.6 is 0 Å². The molecule has 14 heteroatoms. The highest BCUT2D eigenvalue weighted by molar-refractivity contribution is 5.79. The number of amides is 1. The van der Waals surface area contributed by atoms with E-state index >= 15 is 0 Å². The lowest BCUT2D eigenvalue weighted by Crippen LogP contribution is -2.59. The largest absolute Gasteiger partial charge is 0.480 e. The molecule has 0 aliphatic heterocycles. The highest BCUT2D eigenvalue weighted by Gasteiger charge is 2.34. The van der Waals surface area contributed by atoms with E-state index in [0.29, 0.717) is 0 Å². The predicted molar refractivity (Wildman–Crippen MR) is 118 cm³/mol. The molecule has 0 spiro atoms. The van der Waals surface area contributed by atoms with Crippen molar-refractivity contribution in [1.82, 2.24) is 5.32 Å². The quantitative estimate of drug-likeness (QED) is 0.100. The van der Waals surface area contributed by atoms with Crippen molar-refractivity contribution in [2.45, 2.75) is 43.7 Å². The Kier molecular flexibility index (Phi) is 17.0. The number of ether oxygens (including phenoxy) is 6. The number of hydrogen-bond acceptors (Lipinski definition) is 12. The Morgan fingerprint density at radius 3 is 1.43 bits per heavy atom. The van der Waals surface area contributed by atoms with Crippen LogP contribution < -0.4 is 11.1 Å². The molecule has 14 nitrogen and oxygen atoms in total. The Hall–Kier alpha value is -2.81. The summed E-state index contributed by atoms with van der Waals surface area (Å²) >= 11 is 0. The van der Waals surface area contributed by atoms with Crippen molar-refractivity contribution in [2.75, 3.05) is 61.0 Å². The zero-order valence-corrected chi connectivity index (χ0v) is 20.4. The number of esters is 3. The highest BCUT2D eigenvalue weighted by atomic mass is 16.5. The van der Waals surface area contributed by atoms with Crippen molar-refractivity contribution in [3.8, 4) is 0 Å². The lowest BCUT2D eigenvalue weighted by atomic mass is 10.0. The van der Waals surface area contributed by atoms with Gasteiger partial charge in [-0.2, -0.15) is 0 Å². The summed E-state index contributed by atoms with van der Waals surface area (Å²) in [5, 5.41) is 11.6. The summed E-state index contributed by atoms with van der Waals surface area (Å²) in [5.41, 5.74) is 4.16. The van der Waals surface area contributed by atoms with Gasteiger partial charge in [-0.15, -0.1) is 0 Å². The summed E-state index contributed by atoms with van der Waals surface area (Å²) in [6, 6.07) is -1.22. The number of methoxy groups -OCH3 is 3. The maximum absolute atomic E-state index is 12.6. The molecule has 1 atom stereocenters. The molecule has 0 aliphatic rings. The van der Waals surface area contributed by atoms with Crippen LogP contribution in [-0.4, -0.2) is 107 Å². The molecule has 0 fully saturated rings. The maximum Gasteiger partial charge on any atom is 0.320 e. The van der Waals surface area contributed by atoms with Gasteiger partial charge in [0.05, 0.1) is 80.2 Å². The Morgan fingerprint density at radius 1 is 0.743 bits per heavy atom. The number of carbonyl (C=O) groups is 5. The van der Waals surface area contributed by atoms with Crippen LogP contribution in [0.3, 0.4) is 0 Å². The number of nitrogens with two attached hydrogens (primary N) is 1. The van der Waals surface area contributed by atoms with E-state index in [1.165, 1.54) is 21.3 Å². The van der Waals surface area contributed by atoms with Crippen molar-refractivity contribution in [3.05, 3.63) is 0 Å². The minimum absolute atomic E-state index is 0.0293. The fourth-order valence-corrected chi connectivity index (χ4v) is 2.58. The number of hydrogen-bond donors (Lipinski definition) is 3. The van der Waals surface area contributed by atoms with Crippen LogP contribution in [0.4, 0.5) is 0 Å². The highest BCUT2D eigenvalue weighted by Crippen LogP contribution is 2.12. The summed E-state index contributed by atoms with van der Waals surface area (Å²) in [4.78, 5) is 57.6. The normalized spacial score (nSPS) is 11.9. The van der Waals surface area contributed by atoms with Gasteiger partial charge in [0.15, 0.2) is 0 Å². The third-order valence-electron chi connectivity index (χ3n) is 4.57. The zero-order valence-electron chi connectivity index (χ0n) is 20.4. The molecule has 0 radical (unpaired) electrons. The van der Waals surface area contributed by atoms with Crippen molar-refractivity contribution in [1.29, 1.82) is 0 Å². The summed E-state index contributed by atoms with van der Waals surface area (Å²) in [6.07, 6.45) is -0.449. The van der Waals surface area contributed by atoms with Crippen LogP contribution in [0.15, 0.2) is 0 Å². The number of carboxylic acid groups (broad SMARTS) is 1. The van der Waals surface area contributed by atoms with E-state index in [0.717, 1.165) is 0 Å². The molecule has 0 aromatic carbocycles. The Balaban J connectivity index is 5.36. The maximum atomic E-state index is 12.6. The number of carbonyl (C=O) groups excluding carboxylic acids is 4. The van der Waals surface area contributed by atoms with Gasteiger partial charge >= 0.3 is 23.9 Å². The first kappa shape index (κ1) is 32.2. The van der Waals surface area contributed by atoms with Gasteiger partial charge in [0.2, 0.25) is 5.91 Å². The number of carboxylic acids is 1. The first-order valence-corrected chi connectivity index (χ1v) is 10.8. The summed E-state index contributed by atoms with van der Waals surface area (Å²) < 4.78 is 30.4. The molecule has 202 valence electrons. The third-order valence-corrected chi connectivity index (χ3v) is 4.57. The molecule has 35 heavy (non-hydrogen) atoms. The number of rotatable bonds is 20. The molecule has 0 heterocycles. The van der Waals surface area contributed by atoms with Gasteiger partial charge in [-0.25, -0.2) is 0 Å². The van der Waals surface area contributed by atoms with E-state index in [1.807, 2.05) is 0 Å². The molecule has 1 amide bonds. The van der Waals surface area contributed by atoms with E-state index in [-0.39, 0.29) is 71.7 Å². The Morgan fingerprint density at radius 2 is 1.11 bits per heavy atom. The Bertz CT molecular complexity index is 625. The van der Waals surface area contributed by atoms with Crippen LogP contribution in [0, 0.1) is 0 Å². The van der Waals surface area contributed by atoms with Crippen molar-refractivity contribution >= 4 is 29.8 Å². The topological polar surface area (TPSA) is 199 Å². The molecule has 0 saturated heterocycles. The zero-order chi connectivity index (χ0) is 26.7. The molecule has 0 unspecified atom stereocenters. The SMILES string of the molecule is COC(=O)CCOCC(COCCC(=O)OC)(COCCC(=O)OC)NC(=O)CC[C@H](N)C(=O)O. The summed E-state index contributed by atoms with van der Waals surface area (Å²) in [6.45, 7) is -0.596. The van der Waals surface area contributed by atoms with Gasteiger partial charge in [0, 0.05) is 6.42 Å². The van der Waals surface area contributed by atoms with Crippen LogP contribution in [0.5, 0.6) is 0 Å². The van der Waals surface area contributed by atoms with Gasteiger partial charge in [-0.05, 0) is 6.42 Å². The predicted octanol–water partition coefficient (Wildman–Crippen LogP) is -1.23. The molecule has 0 saturated carbocycles. The van der Waals surface area contributed by atoms with E-state index in [2.05, 4.69) is 19.5 Å². The Labute approximate surface area is 203 Å². The number of aliphatic carboxylic acids is 1. The molecule has 0 aromatic rings. The second-order valence-electron chi connectivity index (χ2n) is 7.45. The molecule has 0 rings (SSSR count). The van der Waals surface area contributed by atoms with Crippen molar-refractivity contribution in [2.24, 2.45) is 5.73 Å². The van der Waals surface area contributed by atoms with Gasteiger partial charge in [0.25, 0.3) is 0 Å². The fourth-order valence-electron chi connectivity index (χ4n) is 2.58. The molecular weight excluding hydrogens is 472 g/mol. The van der Waals surface area contributed by atoms with E-state index in [9.17, 15) is 24.0 Å². The van der Waals surface area contributed by atoms with Gasteiger partial charge in [-0.3, -0.25) is 24.0 Å². The lowest BCUT2D eigenvalue weighted by Gasteiger charge is -2.34. The first-order valence-electron chi connectivity index (χ1n) is 10.8. The molecule has 0 aliphatic carbocycles. The molecular formula is C21H36N2O12. The lowest BCUT2D eigenvalue weighted by molar-refractivity contribution is -0.144. The van der Waals surface area contributed by atoms with Gasteiger partial charge in [0.1, 0.15) is 11.6 Å². The van der Waals surface area contributed by atoms with Gasteiger partial charge in [-0.1, -0.05) is 0 Å². The minimum atomic E-state index is -1.30. The minimum Gasteiger partial charge on any atom is -0.480 e. The molecule has 0 bridgehead atoms. The van der Waals surface area contributed by atoms with Crippen LogP contribution in [0.1, 0.15) is 32.1 Å². The first-order chi connectivity index (χ1) is 16.6. The average Bonchev–Trinajstić information content (AvgIpc) is 2.84. The van der Waals surface area contributed by atoms with E-state index < -0.39 is 41.4 Å².